The lowest BCUT2D eigenvalue weighted by Gasteiger charge is -2.26. The molecule has 2 aromatic rings. The van der Waals surface area contributed by atoms with Crippen LogP contribution in [0.5, 0.6) is 11.5 Å². The summed E-state index contributed by atoms with van der Waals surface area (Å²) in [4.78, 5) is 9.82. The number of nitrogens with zero attached hydrogens (tertiary/aromatic N) is 2. The minimum absolute atomic E-state index is 0.0667. The highest BCUT2D eigenvalue weighted by Crippen LogP contribution is 2.35. The summed E-state index contributed by atoms with van der Waals surface area (Å²) < 4.78 is 0. The molecule has 0 aliphatic heterocycles. The molecule has 184 valence electrons. The molecule has 0 bridgehead atoms. The molecule has 34 heavy (non-hydrogen) atoms. The summed E-state index contributed by atoms with van der Waals surface area (Å²) >= 11 is 0. The summed E-state index contributed by atoms with van der Waals surface area (Å²) in [5.74, 6) is 0.634. The Kier molecular flexibility index (Phi) is 7.59. The zero-order valence-electron chi connectivity index (χ0n) is 22.2. The molecule has 2 atom stereocenters. The zero-order valence-corrected chi connectivity index (χ0v) is 22.2. The predicted molar refractivity (Wildman–Crippen MR) is 144 cm³/mol. The number of aliphatic imine (C=N–C) groups is 2. The van der Waals surface area contributed by atoms with E-state index in [2.05, 4.69) is 67.5 Å². The van der Waals surface area contributed by atoms with Crippen molar-refractivity contribution >= 4 is 12.4 Å². The van der Waals surface area contributed by atoms with Crippen LogP contribution in [-0.2, 0) is 10.8 Å². The number of hydrogen-bond donors (Lipinski definition) is 2. The number of phenols is 2. The highest BCUT2D eigenvalue weighted by atomic mass is 16.3. The van der Waals surface area contributed by atoms with E-state index in [1.807, 2.05) is 24.6 Å². The molecule has 0 heterocycles. The largest absolute Gasteiger partial charge is 0.507 e. The van der Waals surface area contributed by atoms with E-state index < -0.39 is 0 Å². The van der Waals surface area contributed by atoms with E-state index in [1.165, 1.54) is 0 Å². The van der Waals surface area contributed by atoms with Gasteiger partial charge in [-0.3, -0.25) is 9.98 Å². The Morgan fingerprint density at radius 1 is 0.676 bits per heavy atom. The maximum Gasteiger partial charge on any atom is 0.128 e. The molecule has 4 heteroatoms. The Bertz CT molecular complexity index is 997. The van der Waals surface area contributed by atoms with Crippen LogP contribution in [0, 0.1) is 13.8 Å². The van der Waals surface area contributed by atoms with Gasteiger partial charge < -0.3 is 10.2 Å². The Hall–Kier alpha value is -2.62. The van der Waals surface area contributed by atoms with E-state index in [0.717, 1.165) is 59.1 Å². The Labute approximate surface area is 205 Å². The van der Waals surface area contributed by atoms with Crippen molar-refractivity contribution in [2.24, 2.45) is 9.98 Å². The summed E-state index contributed by atoms with van der Waals surface area (Å²) in [6.45, 7) is 16.8. The molecule has 0 aromatic heterocycles. The lowest BCUT2D eigenvalue weighted by atomic mass is 9.84. The van der Waals surface area contributed by atoms with Crippen molar-refractivity contribution < 1.29 is 10.2 Å². The van der Waals surface area contributed by atoms with Crippen LogP contribution in [0.1, 0.15) is 101 Å². The maximum atomic E-state index is 10.9. The molecule has 0 radical (unpaired) electrons. The van der Waals surface area contributed by atoms with E-state index in [4.69, 9.17) is 9.98 Å². The average molecular weight is 463 g/mol. The van der Waals surface area contributed by atoms with Crippen LogP contribution in [0.4, 0.5) is 0 Å². The van der Waals surface area contributed by atoms with Gasteiger partial charge in [-0.05, 0) is 60.8 Å². The zero-order chi connectivity index (χ0) is 25.3. The molecule has 4 nitrogen and oxygen atoms in total. The molecule has 1 saturated carbocycles. The number of rotatable bonds is 4. The summed E-state index contributed by atoms with van der Waals surface area (Å²) in [5.41, 5.74) is 5.37. The second-order valence-electron chi connectivity index (χ2n) is 12.0. The predicted octanol–water partition coefficient (Wildman–Crippen LogP) is 7.16. The van der Waals surface area contributed by atoms with Gasteiger partial charge in [-0.15, -0.1) is 0 Å². The number of aryl methyl sites for hydroxylation is 2. The molecule has 0 amide bonds. The van der Waals surface area contributed by atoms with Crippen LogP contribution in [0.3, 0.4) is 0 Å². The van der Waals surface area contributed by atoms with E-state index in [-0.39, 0.29) is 22.9 Å². The summed E-state index contributed by atoms with van der Waals surface area (Å²) in [5, 5.41) is 21.8. The van der Waals surface area contributed by atoms with Crippen LogP contribution in [0.2, 0.25) is 0 Å². The van der Waals surface area contributed by atoms with E-state index in [1.54, 1.807) is 0 Å². The molecule has 3 rings (SSSR count). The van der Waals surface area contributed by atoms with Gasteiger partial charge in [0.05, 0.1) is 12.1 Å². The number of benzene rings is 2. The van der Waals surface area contributed by atoms with Crippen LogP contribution < -0.4 is 0 Å². The van der Waals surface area contributed by atoms with Crippen molar-refractivity contribution in [3.8, 4) is 11.5 Å². The monoisotopic (exact) mass is 462 g/mol. The van der Waals surface area contributed by atoms with Crippen molar-refractivity contribution in [2.75, 3.05) is 0 Å². The first-order valence-corrected chi connectivity index (χ1v) is 12.5. The van der Waals surface area contributed by atoms with Gasteiger partial charge in [0.25, 0.3) is 0 Å². The van der Waals surface area contributed by atoms with E-state index >= 15 is 0 Å². The molecule has 2 N–H and O–H groups in total. The third-order valence-electron chi connectivity index (χ3n) is 6.69. The normalized spacial score (nSPS) is 19.9. The summed E-state index contributed by atoms with van der Waals surface area (Å²) in [7, 11) is 0. The second-order valence-corrected chi connectivity index (χ2v) is 12.0. The lowest BCUT2D eigenvalue weighted by molar-refractivity contribution is 0.390. The molecule has 1 fully saturated rings. The van der Waals surface area contributed by atoms with Gasteiger partial charge in [0.1, 0.15) is 11.5 Å². The molecule has 0 unspecified atom stereocenters. The van der Waals surface area contributed by atoms with Gasteiger partial charge in [0.15, 0.2) is 0 Å². The van der Waals surface area contributed by atoms with Gasteiger partial charge >= 0.3 is 0 Å². The highest BCUT2D eigenvalue weighted by Gasteiger charge is 2.25. The fourth-order valence-corrected chi connectivity index (χ4v) is 4.75. The van der Waals surface area contributed by atoms with Crippen molar-refractivity contribution in [1.82, 2.24) is 0 Å². The van der Waals surface area contributed by atoms with Crippen molar-refractivity contribution in [2.45, 2.75) is 104 Å². The number of aromatic hydroxyl groups is 2. The number of hydrogen-bond acceptors (Lipinski definition) is 4. The molecule has 0 spiro atoms. The minimum atomic E-state index is -0.141. The molecule has 1 aliphatic carbocycles. The molecule has 2 aromatic carbocycles. The first-order chi connectivity index (χ1) is 15.8. The lowest BCUT2D eigenvalue weighted by Crippen LogP contribution is -2.27. The molecular weight excluding hydrogens is 420 g/mol. The molecular formula is C30H42N2O2. The van der Waals surface area contributed by atoms with Crippen molar-refractivity contribution in [1.29, 1.82) is 0 Å². The number of phenolic OH excluding ortho intramolecular Hbond substituents is 2. The third-order valence-corrected chi connectivity index (χ3v) is 6.69. The van der Waals surface area contributed by atoms with E-state index in [0.29, 0.717) is 11.5 Å². The van der Waals surface area contributed by atoms with Gasteiger partial charge in [0, 0.05) is 34.7 Å². The van der Waals surface area contributed by atoms with Crippen LogP contribution in [0.25, 0.3) is 0 Å². The van der Waals surface area contributed by atoms with Crippen molar-refractivity contribution in [3.63, 3.8) is 0 Å². The van der Waals surface area contributed by atoms with Gasteiger partial charge in [0.2, 0.25) is 0 Å². The average Bonchev–Trinajstić information content (AvgIpc) is 2.73. The third kappa shape index (κ3) is 6.08. The van der Waals surface area contributed by atoms with Crippen LogP contribution >= 0.6 is 0 Å². The Morgan fingerprint density at radius 2 is 1.03 bits per heavy atom. The Morgan fingerprint density at radius 3 is 1.35 bits per heavy atom. The summed E-state index contributed by atoms with van der Waals surface area (Å²) in [6.07, 6.45) is 7.88. The first kappa shape index (κ1) is 26.0. The smallest absolute Gasteiger partial charge is 0.128 e. The van der Waals surface area contributed by atoms with Gasteiger partial charge in [-0.1, -0.05) is 66.5 Å². The standard InChI is InChI=1S/C30H42N2O2/c1-19-13-21(27(33)23(15-19)29(3,4)5)17-31-25-11-9-10-12-26(25)32-18-22-14-20(2)16-24(28(22)34)30(6,7)8/h13-18,25-26,33-34H,9-12H2,1-8H3/t25-,26+. The molecule has 1 aliphatic rings. The quantitative estimate of drug-likeness (QED) is 0.473. The summed E-state index contributed by atoms with van der Waals surface area (Å²) in [6, 6.07) is 8.23. The topological polar surface area (TPSA) is 65.2 Å². The Balaban J connectivity index is 1.88. The fourth-order valence-electron chi connectivity index (χ4n) is 4.75. The maximum absolute atomic E-state index is 10.9. The van der Waals surface area contributed by atoms with Crippen LogP contribution in [0.15, 0.2) is 34.3 Å². The highest BCUT2D eigenvalue weighted by molar-refractivity contribution is 5.86. The van der Waals surface area contributed by atoms with Gasteiger partial charge in [-0.25, -0.2) is 0 Å². The van der Waals surface area contributed by atoms with E-state index in [9.17, 15) is 10.2 Å². The fraction of sp³-hybridized carbons (Fsp3) is 0.533. The minimum Gasteiger partial charge on any atom is -0.507 e. The van der Waals surface area contributed by atoms with Crippen LogP contribution in [-0.4, -0.2) is 34.7 Å². The van der Waals surface area contributed by atoms with Crippen molar-refractivity contribution in [3.05, 3.63) is 57.6 Å². The second kappa shape index (κ2) is 9.93. The molecule has 0 saturated heterocycles. The first-order valence-electron chi connectivity index (χ1n) is 12.5. The van der Waals surface area contributed by atoms with Gasteiger partial charge in [-0.2, -0.15) is 0 Å². The SMILES string of the molecule is Cc1cc(C=N[C@H]2CCCC[C@H]2N=Cc2cc(C)cc(C(C)(C)C)c2O)c(O)c(C(C)(C)C)c1.